The first kappa shape index (κ1) is 22.0. The summed E-state index contributed by atoms with van der Waals surface area (Å²) in [5.74, 6) is 0.644. The SMILES string of the molecule is CCCCN1CCCCC1CNC(=O)C1CC12CCNCC2.Cl.Cl. The molecule has 1 saturated carbocycles. The van der Waals surface area contributed by atoms with Gasteiger partial charge in [-0.1, -0.05) is 19.8 Å². The predicted octanol–water partition coefficient (Wildman–Crippen LogP) is 2.99. The highest BCUT2D eigenvalue weighted by molar-refractivity contribution is 5.85. The molecule has 2 heterocycles. The van der Waals surface area contributed by atoms with Crippen LogP contribution in [0.4, 0.5) is 0 Å². The summed E-state index contributed by atoms with van der Waals surface area (Å²) in [5.41, 5.74) is 0.365. The smallest absolute Gasteiger partial charge is 0.223 e. The van der Waals surface area contributed by atoms with E-state index in [0.29, 0.717) is 23.3 Å². The molecular formula is C18H35Cl2N3O. The lowest BCUT2D eigenvalue weighted by Gasteiger charge is -2.36. The maximum absolute atomic E-state index is 12.5. The average Bonchev–Trinajstić information content (AvgIpc) is 3.25. The molecule has 1 amide bonds. The number of rotatable bonds is 6. The Morgan fingerprint density at radius 3 is 2.71 bits per heavy atom. The van der Waals surface area contributed by atoms with E-state index in [1.54, 1.807) is 0 Å². The summed E-state index contributed by atoms with van der Waals surface area (Å²) in [6.45, 7) is 7.74. The zero-order valence-electron chi connectivity index (χ0n) is 15.0. The van der Waals surface area contributed by atoms with Gasteiger partial charge in [-0.15, -0.1) is 24.8 Å². The maximum atomic E-state index is 12.5. The fourth-order valence-corrected chi connectivity index (χ4v) is 4.48. The van der Waals surface area contributed by atoms with Crippen LogP contribution in [0.5, 0.6) is 0 Å². The van der Waals surface area contributed by atoms with Crippen molar-refractivity contribution >= 4 is 30.7 Å². The predicted molar refractivity (Wildman–Crippen MR) is 104 cm³/mol. The van der Waals surface area contributed by atoms with E-state index in [4.69, 9.17) is 0 Å². The van der Waals surface area contributed by atoms with Gasteiger partial charge in [0, 0.05) is 18.5 Å². The van der Waals surface area contributed by atoms with Crippen molar-refractivity contribution in [1.82, 2.24) is 15.5 Å². The molecule has 0 aromatic carbocycles. The Morgan fingerprint density at radius 1 is 1.25 bits per heavy atom. The summed E-state index contributed by atoms with van der Waals surface area (Å²) in [7, 11) is 0. The third-order valence-electron chi connectivity index (χ3n) is 6.17. The number of halogens is 2. The number of nitrogens with one attached hydrogen (secondary N) is 2. The first-order valence-electron chi connectivity index (χ1n) is 9.48. The van der Waals surface area contributed by atoms with Crippen LogP contribution in [0.1, 0.15) is 58.3 Å². The van der Waals surface area contributed by atoms with E-state index in [1.807, 2.05) is 0 Å². The Bertz CT molecular complexity index is 388. The van der Waals surface area contributed by atoms with Gasteiger partial charge in [0.2, 0.25) is 5.91 Å². The summed E-state index contributed by atoms with van der Waals surface area (Å²) in [5, 5.41) is 6.70. The molecule has 2 saturated heterocycles. The van der Waals surface area contributed by atoms with Crippen LogP contribution in [0.3, 0.4) is 0 Å². The molecule has 3 fully saturated rings. The second kappa shape index (κ2) is 10.2. The van der Waals surface area contributed by atoms with E-state index in [-0.39, 0.29) is 24.8 Å². The largest absolute Gasteiger partial charge is 0.354 e. The molecule has 142 valence electrons. The van der Waals surface area contributed by atoms with Gasteiger partial charge in [-0.2, -0.15) is 0 Å². The molecule has 3 rings (SSSR count). The minimum atomic E-state index is 0. The van der Waals surface area contributed by atoms with Crippen molar-refractivity contribution in [1.29, 1.82) is 0 Å². The number of likely N-dealkylation sites (tertiary alicyclic amines) is 1. The Balaban J connectivity index is 0.00000144. The van der Waals surface area contributed by atoms with Crippen LogP contribution in [0.25, 0.3) is 0 Å². The minimum Gasteiger partial charge on any atom is -0.354 e. The molecule has 6 heteroatoms. The number of hydrogen-bond donors (Lipinski definition) is 2. The highest BCUT2D eigenvalue weighted by Crippen LogP contribution is 2.58. The second-order valence-electron chi connectivity index (χ2n) is 7.65. The lowest BCUT2D eigenvalue weighted by atomic mass is 9.91. The highest BCUT2D eigenvalue weighted by atomic mass is 35.5. The topological polar surface area (TPSA) is 44.4 Å². The monoisotopic (exact) mass is 379 g/mol. The van der Waals surface area contributed by atoms with Crippen molar-refractivity contribution in [2.75, 3.05) is 32.7 Å². The lowest BCUT2D eigenvalue weighted by molar-refractivity contribution is -0.123. The second-order valence-corrected chi connectivity index (χ2v) is 7.65. The molecule has 0 bridgehead atoms. The van der Waals surface area contributed by atoms with Gasteiger partial charge in [0.15, 0.2) is 0 Å². The molecule has 2 N–H and O–H groups in total. The van der Waals surface area contributed by atoms with Gasteiger partial charge >= 0.3 is 0 Å². The van der Waals surface area contributed by atoms with E-state index in [9.17, 15) is 4.79 Å². The minimum absolute atomic E-state index is 0. The van der Waals surface area contributed by atoms with Gasteiger partial charge in [-0.3, -0.25) is 9.69 Å². The number of amides is 1. The molecular weight excluding hydrogens is 345 g/mol. The Hall–Kier alpha value is -0.0300. The number of hydrogen-bond acceptors (Lipinski definition) is 3. The van der Waals surface area contributed by atoms with Crippen LogP contribution in [-0.4, -0.2) is 49.6 Å². The van der Waals surface area contributed by atoms with Crippen molar-refractivity contribution in [3.05, 3.63) is 0 Å². The van der Waals surface area contributed by atoms with E-state index in [1.165, 1.54) is 58.0 Å². The first-order chi connectivity index (χ1) is 10.7. The van der Waals surface area contributed by atoms with Gasteiger partial charge in [0.25, 0.3) is 0 Å². The summed E-state index contributed by atoms with van der Waals surface area (Å²) < 4.78 is 0. The van der Waals surface area contributed by atoms with Crippen molar-refractivity contribution in [2.24, 2.45) is 11.3 Å². The van der Waals surface area contributed by atoms with Crippen LogP contribution in [0.15, 0.2) is 0 Å². The summed E-state index contributed by atoms with van der Waals surface area (Å²) in [6.07, 6.45) is 9.95. The molecule has 1 aliphatic carbocycles. The highest BCUT2D eigenvalue weighted by Gasteiger charge is 2.57. The normalized spacial score (nSPS) is 28.5. The van der Waals surface area contributed by atoms with Crippen LogP contribution in [-0.2, 0) is 4.79 Å². The van der Waals surface area contributed by atoms with Crippen molar-refractivity contribution in [3.63, 3.8) is 0 Å². The molecule has 0 radical (unpaired) electrons. The summed E-state index contributed by atoms with van der Waals surface area (Å²) >= 11 is 0. The first-order valence-corrected chi connectivity index (χ1v) is 9.48. The van der Waals surface area contributed by atoms with Gasteiger partial charge in [-0.25, -0.2) is 0 Å². The lowest BCUT2D eigenvalue weighted by Crippen LogP contribution is -2.47. The van der Waals surface area contributed by atoms with Crippen LogP contribution >= 0.6 is 24.8 Å². The van der Waals surface area contributed by atoms with Crippen molar-refractivity contribution in [2.45, 2.75) is 64.3 Å². The van der Waals surface area contributed by atoms with Crippen LogP contribution < -0.4 is 10.6 Å². The zero-order valence-corrected chi connectivity index (χ0v) is 16.7. The molecule has 0 aromatic heterocycles. The van der Waals surface area contributed by atoms with Crippen LogP contribution in [0, 0.1) is 11.3 Å². The number of carbonyl (C=O) groups excluding carboxylic acids is 1. The molecule has 3 aliphatic rings. The third kappa shape index (κ3) is 5.23. The third-order valence-corrected chi connectivity index (χ3v) is 6.17. The number of unbranched alkanes of at least 4 members (excludes halogenated alkanes) is 1. The Labute approximate surface area is 159 Å². The van der Waals surface area contributed by atoms with Gasteiger partial charge < -0.3 is 10.6 Å². The van der Waals surface area contributed by atoms with Gasteiger partial charge in [0.05, 0.1) is 0 Å². The zero-order chi connectivity index (χ0) is 15.4. The fourth-order valence-electron chi connectivity index (χ4n) is 4.48. The van der Waals surface area contributed by atoms with E-state index >= 15 is 0 Å². The number of nitrogens with zero attached hydrogens (tertiary/aromatic N) is 1. The van der Waals surface area contributed by atoms with Crippen molar-refractivity contribution < 1.29 is 4.79 Å². The molecule has 2 atom stereocenters. The maximum Gasteiger partial charge on any atom is 0.223 e. The number of piperidine rings is 2. The molecule has 0 aromatic rings. The average molecular weight is 380 g/mol. The molecule has 4 nitrogen and oxygen atoms in total. The standard InChI is InChI=1S/C18H33N3O.2ClH/c1-2-3-11-21-12-5-4-6-15(21)14-20-17(22)16-13-18(16)7-9-19-10-8-18;;/h15-16,19H,2-14H2,1H3,(H,20,22);2*1H. The Kier molecular flexibility index (Phi) is 9.35. The molecule has 2 aliphatic heterocycles. The Morgan fingerprint density at radius 2 is 2.00 bits per heavy atom. The molecule has 2 unspecified atom stereocenters. The van der Waals surface area contributed by atoms with Gasteiger partial charge in [-0.05, 0) is 70.1 Å². The van der Waals surface area contributed by atoms with E-state index < -0.39 is 0 Å². The van der Waals surface area contributed by atoms with E-state index in [0.717, 1.165) is 26.1 Å². The van der Waals surface area contributed by atoms with Gasteiger partial charge in [0.1, 0.15) is 0 Å². The molecule has 24 heavy (non-hydrogen) atoms. The quantitative estimate of drug-likeness (QED) is 0.745. The van der Waals surface area contributed by atoms with Crippen LogP contribution in [0.2, 0.25) is 0 Å². The van der Waals surface area contributed by atoms with E-state index in [2.05, 4.69) is 22.5 Å². The summed E-state index contributed by atoms with van der Waals surface area (Å²) in [4.78, 5) is 15.1. The van der Waals surface area contributed by atoms with Crippen molar-refractivity contribution in [3.8, 4) is 0 Å². The summed E-state index contributed by atoms with van der Waals surface area (Å²) in [6, 6.07) is 0.576. The molecule has 1 spiro atoms. The number of carbonyl (C=O) groups is 1. The fraction of sp³-hybridized carbons (Fsp3) is 0.944.